The minimum absolute atomic E-state index is 0.270. The Hall–Kier alpha value is -1.59. The summed E-state index contributed by atoms with van der Waals surface area (Å²) in [7, 11) is 0. The van der Waals surface area contributed by atoms with E-state index in [1.54, 1.807) is 0 Å². The summed E-state index contributed by atoms with van der Waals surface area (Å²) in [4.78, 5) is 12.7. The molecule has 1 aromatic carbocycles. The van der Waals surface area contributed by atoms with Gasteiger partial charge in [0.1, 0.15) is 12.4 Å². The highest BCUT2D eigenvalue weighted by molar-refractivity contribution is 5.75. The van der Waals surface area contributed by atoms with Crippen LogP contribution in [0.1, 0.15) is 12.5 Å². The lowest BCUT2D eigenvalue weighted by atomic mass is 10.2. The first-order chi connectivity index (χ1) is 8.65. The van der Waals surface area contributed by atoms with Gasteiger partial charge >= 0.3 is 0 Å². The Kier molecular flexibility index (Phi) is 6.18. The molecule has 5 nitrogen and oxygen atoms in total. The molecule has 4 N–H and O–H groups in total. The smallest absolute Gasteiger partial charge is 0.231 e. The van der Waals surface area contributed by atoms with E-state index in [1.165, 1.54) is 0 Å². The number of nitrogens with two attached hydrogens (primary N) is 2. The number of likely N-dealkylation sites (N-methyl/N-ethyl adjacent to an activating group) is 1. The molecule has 0 unspecified atom stereocenters. The predicted molar refractivity (Wildman–Crippen MR) is 71.1 cm³/mol. The molecule has 1 amide bonds. The summed E-state index contributed by atoms with van der Waals surface area (Å²) >= 11 is 0. The van der Waals surface area contributed by atoms with Crippen LogP contribution in [0.15, 0.2) is 24.3 Å². The SMILES string of the molecule is CCN(CCOc1ccc(CN)cc1)CC(N)=O. The van der Waals surface area contributed by atoms with Crippen molar-refractivity contribution in [3.8, 4) is 5.75 Å². The van der Waals surface area contributed by atoms with Crippen LogP contribution in [0.2, 0.25) is 0 Å². The van der Waals surface area contributed by atoms with Crippen molar-refractivity contribution in [2.75, 3.05) is 26.2 Å². The van der Waals surface area contributed by atoms with E-state index in [4.69, 9.17) is 16.2 Å². The lowest BCUT2D eigenvalue weighted by Gasteiger charge is -2.18. The quantitative estimate of drug-likeness (QED) is 0.697. The van der Waals surface area contributed by atoms with Gasteiger partial charge in [-0.15, -0.1) is 0 Å². The van der Waals surface area contributed by atoms with Crippen LogP contribution in [0.3, 0.4) is 0 Å². The molecule has 0 heterocycles. The van der Waals surface area contributed by atoms with Crippen molar-refractivity contribution in [1.29, 1.82) is 0 Å². The molecule has 0 fully saturated rings. The first-order valence-electron chi connectivity index (χ1n) is 6.08. The fourth-order valence-corrected chi connectivity index (χ4v) is 1.58. The number of benzene rings is 1. The monoisotopic (exact) mass is 251 g/mol. The minimum atomic E-state index is -0.316. The summed E-state index contributed by atoms with van der Waals surface area (Å²) < 4.78 is 5.58. The molecular formula is C13H21N3O2. The number of hydrogen-bond acceptors (Lipinski definition) is 4. The van der Waals surface area contributed by atoms with Crippen molar-refractivity contribution in [2.24, 2.45) is 11.5 Å². The predicted octanol–water partition coefficient (Wildman–Crippen LogP) is 0.331. The molecule has 0 bridgehead atoms. The Bertz CT molecular complexity index is 365. The van der Waals surface area contributed by atoms with Gasteiger partial charge in [-0.1, -0.05) is 19.1 Å². The summed E-state index contributed by atoms with van der Waals surface area (Å²) in [5.74, 6) is 0.492. The van der Waals surface area contributed by atoms with Crippen molar-refractivity contribution < 1.29 is 9.53 Å². The topological polar surface area (TPSA) is 81.6 Å². The lowest BCUT2D eigenvalue weighted by molar-refractivity contribution is -0.119. The highest BCUT2D eigenvalue weighted by Crippen LogP contribution is 2.11. The van der Waals surface area contributed by atoms with Crippen LogP contribution >= 0.6 is 0 Å². The van der Waals surface area contributed by atoms with E-state index in [-0.39, 0.29) is 12.5 Å². The second kappa shape index (κ2) is 7.68. The Morgan fingerprint density at radius 3 is 2.50 bits per heavy atom. The maximum absolute atomic E-state index is 10.8. The maximum atomic E-state index is 10.8. The van der Waals surface area contributed by atoms with Crippen LogP contribution in [-0.2, 0) is 11.3 Å². The molecule has 100 valence electrons. The van der Waals surface area contributed by atoms with Gasteiger partial charge in [-0.3, -0.25) is 9.69 Å². The maximum Gasteiger partial charge on any atom is 0.231 e. The molecule has 0 aliphatic heterocycles. The van der Waals surface area contributed by atoms with Gasteiger partial charge in [0, 0.05) is 13.1 Å². The highest BCUT2D eigenvalue weighted by atomic mass is 16.5. The summed E-state index contributed by atoms with van der Waals surface area (Å²) in [5.41, 5.74) is 11.7. The Balaban J connectivity index is 2.33. The number of rotatable bonds is 8. The van der Waals surface area contributed by atoms with Gasteiger partial charge in [-0.2, -0.15) is 0 Å². The van der Waals surface area contributed by atoms with E-state index >= 15 is 0 Å². The van der Waals surface area contributed by atoms with Crippen LogP contribution in [0.4, 0.5) is 0 Å². The van der Waals surface area contributed by atoms with Crippen molar-refractivity contribution in [3.63, 3.8) is 0 Å². The second-order valence-corrected chi connectivity index (χ2v) is 4.03. The van der Waals surface area contributed by atoms with Gasteiger partial charge < -0.3 is 16.2 Å². The molecule has 1 aromatic rings. The first-order valence-corrected chi connectivity index (χ1v) is 6.08. The van der Waals surface area contributed by atoms with E-state index < -0.39 is 0 Å². The molecule has 0 saturated heterocycles. The summed E-state index contributed by atoms with van der Waals surface area (Å²) in [6.07, 6.45) is 0. The van der Waals surface area contributed by atoms with Gasteiger partial charge in [0.05, 0.1) is 6.54 Å². The van der Waals surface area contributed by atoms with Crippen molar-refractivity contribution in [3.05, 3.63) is 29.8 Å². The third kappa shape index (κ3) is 5.16. The lowest BCUT2D eigenvalue weighted by Crippen LogP contribution is -2.36. The number of carbonyl (C=O) groups is 1. The number of ether oxygens (including phenoxy) is 1. The third-order valence-electron chi connectivity index (χ3n) is 2.66. The van der Waals surface area contributed by atoms with Gasteiger partial charge in [0.15, 0.2) is 0 Å². The molecular weight excluding hydrogens is 230 g/mol. The molecule has 0 aliphatic rings. The Morgan fingerprint density at radius 2 is 2.00 bits per heavy atom. The van der Waals surface area contributed by atoms with Crippen molar-refractivity contribution in [2.45, 2.75) is 13.5 Å². The molecule has 5 heteroatoms. The van der Waals surface area contributed by atoms with Crippen LogP contribution < -0.4 is 16.2 Å². The molecule has 0 spiro atoms. The zero-order valence-corrected chi connectivity index (χ0v) is 10.8. The Labute approximate surface area is 108 Å². The standard InChI is InChI=1S/C13H21N3O2/c1-2-16(10-13(15)17)7-8-18-12-5-3-11(9-14)4-6-12/h3-6H,2,7-10,14H2,1H3,(H2,15,17). The highest BCUT2D eigenvalue weighted by Gasteiger charge is 2.05. The number of primary amides is 1. The van der Waals surface area contributed by atoms with E-state index in [1.807, 2.05) is 36.1 Å². The molecule has 0 aromatic heterocycles. The third-order valence-corrected chi connectivity index (χ3v) is 2.66. The van der Waals surface area contributed by atoms with Gasteiger partial charge in [-0.25, -0.2) is 0 Å². The van der Waals surface area contributed by atoms with E-state index in [0.717, 1.165) is 17.9 Å². The van der Waals surface area contributed by atoms with Crippen LogP contribution in [0, 0.1) is 0 Å². The summed E-state index contributed by atoms with van der Waals surface area (Å²) in [5, 5.41) is 0. The number of amides is 1. The first kappa shape index (κ1) is 14.5. The molecule has 0 aliphatic carbocycles. The number of hydrogen-bond donors (Lipinski definition) is 2. The summed E-state index contributed by atoms with van der Waals surface area (Å²) in [6.45, 7) is 4.77. The largest absolute Gasteiger partial charge is 0.492 e. The zero-order chi connectivity index (χ0) is 13.4. The molecule has 18 heavy (non-hydrogen) atoms. The molecule has 0 atom stereocenters. The molecule has 0 saturated carbocycles. The molecule has 1 rings (SSSR count). The van der Waals surface area contributed by atoms with E-state index in [9.17, 15) is 4.79 Å². The van der Waals surface area contributed by atoms with Crippen molar-refractivity contribution >= 4 is 5.91 Å². The Morgan fingerprint density at radius 1 is 1.33 bits per heavy atom. The van der Waals surface area contributed by atoms with Crippen LogP contribution in [0.25, 0.3) is 0 Å². The van der Waals surface area contributed by atoms with Crippen LogP contribution in [0.5, 0.6) is 5.75 Å². The zero-order valence-electron chi connectivity index (χ0n) is 10.8. The van der Waals surface area contributed by atoms with Gasteiger partial charge in [0.25, 0.3) is 0 Å². The number of carbonyl (C=O) groups excluding carboxylic acids is 1. The van der Waals surface area contributed by atoms with E-state index in [2.05, 4.69) is 0 Å². The number of nitrogens with zero attached hydrogens (tertiary/aromatic N) is 1. The average Bonchev–Trinajstić information content (AvgIpc) is 2.38. The molecule has 0 radical (unpaired) electrons. The van der Waals surface area contributed by atoms with Gasteiger partial charge in [-0.05, 0) is 24.2 Å². The fraction of sp³-hybridized carbons (Fsp3) is 0.462. The normalized spacial score (nSPS) is 10.6. The van der Waals surface area contributed by atoms with Crippen molar-refractivity contribution in [1.82, 2.24) is 4.90 Å². The van der Waals surface area contributed by atoms with Crippen LogP contribution in [-0.4, -0.2) is 37.0 Å². The fourth-order valence-electron chi connectivity index (χ4n) is 1.58. The minimum Gasteiger partial charge on any atom is -0.492 e. The van der Waals surface area contributed by atoms with E-state index in [0.29, 0.717) is 19.7 Å². The second-order valence-electron chi connectivity index (χ2n) is 4.03. The summed E-state index contributed by atoms with van der Waals surface area (Å²) in [6, 6.07) is 7.67. The average molecular weight is 251 g/mol. The van der Waals surface area contributed by atoms with Gasteiger partial charge in [0.2, 0.25) is 5.91 Å².